The second-order valence-electron chi connectivity index (χ2n) is 6.39. The fourth-order valence-corrected chi connectivity index (χ4v) is 2.60. The van der Waals surface area contributed by atoms with E-state index in [1.807, 2.05) is 6.07 Å². The Morgan fingerprint density at radius 1 is 1.17 bits per heavy atom. The van der Waals surface area contributed by atoms with Gasteiger partial charge >= 0.3 is 0 Å². The molecule has 0 amide bonds. The molecule has 0 radical (unpaired) electrons. The van der Waals surface area contributed by atoms with Gasteiger partial charge in [0.05, 0.1) is 0 Å². The van der Waals surface area contributed by atoms with Gasteiger partial charge < -0.3 is 10.6 Å². The quantitative estimate of drug-likeness (QED) is 0.865. The molecular weight excluding hydrogens is 220 g/mol. The third-order valence-corrected chi connectivity index (χ3v) is 3.31. The maximum Gasteiger partial charge on any atom is 0.0452 e. The van der Waals surface area contributed by atoms with Crippen molar-refractivity contribution >= 4 is 0 Å². The van der Waals surface area contributed by atoms with E-state index in [0.717, 1.165) is 13.0 Å². The number of hydrogen-bond donors (Lipinski definition) is 1. The van der Waals surface area contributed by atoms with Gasteiger partial charge in [0.1, 0.15) is 0 Å². The lowest BCUT2D eigenvalue weighted by Crippen LogP contribution is -2.43. The van der Waals surface area contributed by atoms with Gasteiger partial charge in [-0.15, -0.1) is 0 Å². The van der Waals surface area contributed by atoms with Crippen molar-refractivity contribution < 1.29 is 0 Å². The third-order valence-electron chi connectivity index (χ3n) is 3.31. The van der Waals surface area contributed by atoms with Crippen molar-refractivity contribution in [3.63, 3.8) is 0 Å². The van der Waals surface area contributed by atoms with Crippen LogP contribution in [0.5, 0.6) is 0 Å². The number of likely N-dealkylation sites (N-methyl/N-ethyl adjacent to an activating group) is 1. The Bertz CT molecular complexity index is 340. The van der Waals surface area contributed by atoms with Gasteiger partial charge in [0, 0.05) is 18.6 Å². The molecule has 102 valence electrons. The SMILES string of the molecule is CCC(C(N)c1ccccc1)N(C)CC(C)(C)C. The lowest BCUT2D eigenvalue weighted by molar-refractivity contribution is 0.148. The largest absolute Gasteiger partial charge is 0.323 e. The molecule has 2 unspecified atom stereocenters. The standard InChI is InChI=1S/C16H28N2/c1-6-14(18(5)12-16(2,3)4)15(17)13-10-8-7-9-11-13/h7-11,14-15H,6,12,17H2,1-5H3. The maximum absolute atomic E-state index is 6.43. The minimum absolute atomic E-state index is 0.0866. The lowest BCUT2D eigenvalue weighted by atomic mass is 9.92. The molecule has 2 N–H and O–H groups in total. The molecule has 1 rings (SSSR count). The van der Waals surface area contributed by atoms with E-state index < -0.39 is 0 Å². The van der Waals surface area contributed by atoms with Crippen molar-refractivity contribution in [1.82, 2.24) is 4.90 Å². The summed E-state index contributed by atoms with van der Waals surface area (Å²) in [5, 5.41) is 0. The van der Waals surface area contributed by atoms with Gasteiger partial charge in [-0.1, -0.05) is 58.0 Å². The van der Waals surface area contributed by atoms with Gasteiger partial charge in [-0.2, -0.15) is 0 Å². The molecule has 1 aromatic rings. The molecule has 0 aliphatic heterocycles. The van der Waals surface area contributed by atoms with Crippen LogP contribution in [0.25, 0.3) is 0 Å². The summed E-state index contributed by atoms with van der Waals surface area (Å²) in [6.07, 6.45) is 1.07. The highest BCUT2D eigenvalue weighted by molar-refractivity contribution is 5.20. The summed E-state index contributed by atoms with van der Waals surface area (Å²) in [5.41, 5.74) is 7.96. The molecule has 0 aliphatic rings. The average molecular weight is 248 g/mol. The number of nitrogens with two attached hydrogens (primary N) is 1. The van der Waals surface area contributed by atoms with Crippen molar-refractivity contribution in [3.8, 4) is 0 Å². The summed E-state index contributed by atoms with van der Waals surface area (Å²) in [5.74, 6) is 0. The predicted octanol–water partition coefficient (Wildman–Crippen LogP) is 3.44. The normalized spacial score (nSPS) is 15.7. The van der Waals surface area contributed by atoms with Crippen molar-refractivity contribution in [2.75, 3.05) is 13.6 Å². The first kappa shape index (κ1) is 15.2. The Hall–Kier alpha value is -0.860. The van der Waals surface area contributed by atoms with Gasteiger partial charge in [-0.3, -0.25) is 0 Å². The van der Waals surface area contributed by atoms with Crippen LogP contribution in [0.2, 0.25) is 0 Å². The molecule has 0 spiro atoms. The van der Waals surface area contributed by atoms with E-state index in [4.69, 9.17) is 5.73 Å². The summed E-state index contributed by atoms with van der Waals surface area (Å²) in [6, 6.07) is 10.9. The predicted molar refractivity (Wildman–Crippen MR) is 79.5 cm³/mol. The Morgan fingerprint density at radius 3 is 2.17 bits per heavy atom. The molecule has 2 atom stereocenters. The highest BCUT2D eigenvalue weighted by Gasteiger charge is 2.25. The van der Waals surface area contributed by atoms with E-state index in [1.54, 1.807) is 0 Å². The van der Waals surface area contributed by atoms with Crippen LogP contribution in [0.15, 0.2) is 30.3 Å². The Balaban J connectivity index is 2.77. The second kappa shape index (κ2) is 6.35. The summed E-state index contributed by atoms with van der Waals surface area (Å²) in [4.78, 5) is 2.40. The average Bonchev–Trinajstić information content (AvgIpc) is 2.28. The fourth-order valence-electron chi connectivity index (χ4n) is 2.60. The van der Waals surface area contributed by atoms with E-state index in [0.29, 0.717) is 11.5 Å². The zero-order valence-electron chi connectivity index (χ0n) is 12.5. The highest BCUT2D eigenvalue weighted by Crippen LogP contribution is 2.23. The molecule has 0 saturated carbocycles. The van der Waals surface area contributed by atoms with Crippen molar-refractivity contribution in [3.05, 3.63) is 35.9 Å². The first-order valence-electron chi connectivity index (χ1n) is 6.86. The topological polar surface area (TPSA) is 29.3 Å². The second-order valence-corrected chi connectivity index (χ2v) is 6.39. The summed E-state index contributed by atoms with van der Waals surface area (Å²) < 4.78 is 0. The van der Waals surface area contributed by atoms with E-state index in [2.05, 4.69) is 63.9 Å². The van der Waals surface area contributed by atoms with Crippen molar-refractivity contribution in [1.29, 1.82) is 0 Å². The van der Waals surface area contributed by atoms with Gasteiger partial charge in [0.25, 0.3) is 0 Å². The molecular formula is C16H28N2. The van der Waals surface area contributed by atoms with E-state index in [9.17, 15) is 0 Å². The fraction of sp³-hybridized carbons (Fsp3) is 0.625. The minimum atomic E-state index is 0.0866. The number of hydrogen-bond acceptors (Lipinski definition) is 2. The molecule has 18 heavy (non-hydrogen) atoms. The zero-order chi connectivity index (χ0) is 13.8. The summed E-state index contributed by atoms with van der Waals surface area (Å²) in [7, 11) is 2.18. The van der Waals surface area contributed by atoms with E-state index >= 15 is 0 Å². The first-order valence-corrected chi connectivity index (χ1v) is 6.86. The molecule has 0 saturated heterocycles. The van der Waals surface area contributed by atoms with E-state index in [1.165, 1.54) is 5.56 Å². The van der Waals surface area contributed by atoms with Crippen molar-refractivity contribution in [2.24, 2.45) is 11.1 Å². The number of nitrogens with zero attached hydrogens (tertiary/aromatic N) is 1. The Kier molecular flexibility index (Phi) is 5.36. The minimum Gasteiger partial charge on any atom is -0.323 e. The van der Waals surface area contributed by atoms with Crippen molar-refractivity contribution in [2.45, 2.75) is 46.2 Å². The number of rotatable bonds is 5. The molecule has 2 heteroatoms. The summed E-state index contributed by atoms with van der Waals surface area (Å²) in [6.45, 7) is 10.1. The summed E-state index contributed by atoms with van der Waals surface area (Å²) >= 11 is 0. The molecule has 0 aromatic heterocycles. The Labute approximate surface area is 112 Å². The monoisotopic (exact) mass is 248 g/mol. The van der Waals surface area contributed by atoms with Crippen LogP contribution in [-0.4, -0.2) is 24.5 Å². The third kappa shape index (κ3) is 4.43. The highest BCUT2D eigenvalue weighted by atomic mass is 15.1. The smallest absolute Gasteiger partial charge is 0.0452 e. The molecule has 1 aromatic carbocycles. The Morgan fingerprint density at radius 2 is 1.72 bits per heavy atom. The van der Waals surface area contributed by atoms with Gasteiger partial charge in [0.15, 0.2) is 0 Å². The van der Waals surface area contributed by atoms with Crippen LogP contribution >= 0.6 is 0 Å². The van der Waals surface area contributed by atoms with Crippen LogP contribution in [-0.2, 0) is 0 Å². The lowest BCUT2D eigenvalue weighted by Gasteiger charge is -2.36. The van der Waals surface area contributed by atoms with Crippen LogP contribution in [0.3, 0.4) is 0 Å². The van der Waals surface area contributed by atoms with Crippen LogP contribution in [0, 0.1) is 5.41 Å². The molecule has 0 fully saturated rings. The van der Waals surface area contributed by atoms with Gasteiger partial charge in [0.2, 0.25) is 0 Å². The molecule has 2 nitrogen and oxygen atoms in total. The number of benzene rings is 1. The maximum atomic E-state index is 6.43. The molecule has 0 bridgehead atoms. The first-order chi connectivity index (χ1) is 8.35. The van der Waals surface area contributed by atoms with Crippen LogP contribution in [0.1, 0.15) is 45.7 Å². The van der Waals surface area contributed by atoms with Crippen LogP contribution in [0.4, 0.5) is 0 Å². The van der Waals surface area contributed by atoms with Gasteiger partial charge in [-0.05, 0) is 24.4 Å². The van der Waals surface area contributed by atoms with Gasteiger partial charge in [-0.25, -0.2) is 0 Å². The van der Waals surface area contributed by atoms with E-state index in [-0.39, 0.29) is 6.04 Å². The molecule has 0 heterocycles. The zero-order valence-corrected chi connectivity index (χ0v) is 12.5. The molecule has 0 aliphatic carbocycles. The van der Waals surface area contributed by atoms with Crippen LogP contribution < -0.4 is 5.73 Å².